The highest BCUT2D eigenvalue weighted by molar-refractivity contribution is 7.10. The summed E-state index contributed by atoms with van der Waals surface area (Å²) in [6.07, 6.45) is 4.22. The predicted octanol–water partition coefficient (Wildman–Crippen LogP) is 5.01. The fraction of sp³-hybridized carbons (Fsp3) is 0.190. The van der Waals surface area contributed by atoms with E-state index in [1.807, 2.05) is 65.0 Å². The number of carbonyl (C=O) groups is 1. The quantitative estimate of drug-likeness (QED) is 0.501. The molecule has 3 rings (SSSR count). The molecule has 1 amide bonds. The van der Waals surface area contributed by atoms with Crippen LogP contribution in [0.1, 0.15) is 16.1 Å². The number of aromatic nitrogens is 1. The largest absolute Gasteiger partial charge is 0.345 e. The normalized spacial score (nSPS) is 10.7. The summed E-state index contributed by atoms with van der Waals surface area (Å²) in [6.45, 7) is 5.56. The first-order valence-electron chi connectivity index (χ1n) is 8.46. The fourth-order valence-corrected chi connectivity index (χ4v) is 3.73. The molecule has 1 aromatic carbocycles. The SMILES string of the molecule is C=CCN(Cc1cccn1Cc1ccccc1Cl)C(=O)Cc1cccs1. The average molecular weight is 385 g/mol. The highest BCUT2D eigenvalue weighted by atomic mass is 35.5. The van der Waals surface area contributed by atoms with E-state index < -0.39 is 0 Å². The van der Waals surface area contributed by atoms with E-state index in [0.717, 1.165) is 21.2 Å². The maximum Gasteiger partial charge on any atom is 0.228 e. The molecule has 0 atom stereocenters. The summed E-state index contributed by atoms with van der Waals surface area (Å²) in [6, 6.07) is 15.8. The Morgan fingerprint density at radius 3 is 2.77 bits per heavy atom. The van der Waals surface area contributed by atoms with Crippen LogP contribution in [0, 0.1) is 0 Å². The van der Waals surface area contributed by atoms with Crippen molar-refractivity contribution in [1.82, 2.24) is 9.47 Å². The minimum Gasteiger partial charge on any atom is -0.345 e. The summed E-state index contributed by atoms with van der Waals surface area (Å²) in [5.74, 6) is 0.109. The van der Waals surface area contributed by atoms with Gasteiger partial charge in [0.2, 0.25) is 5.91 Å². The summed E-state index contributed by atoms with van der Waals surface area (Å²) < 4.78 is 2.13. The molecule has 134 valence electrons. The summed E-state index contributed by atoms with van der Waals surface area (Å²) >= 11 is 7.90. The standard InChI is InChI=1S/C21H21ClN2OS/c1-2-11-24(21(25)14-19-9-6-13-26-19)16-18-8-5-12-23(18)15-17-7-3-4-10-20(17)22/h2-10,12-13H,1,11,14-16H2. The van der Waals surface area contributed by atoms with Crippen molar-refractivity contribution in [2.45, 2.75) is 19.5 Å². The van der Waals surface area contributed by atoms with E-state index >= 15 is 0 Å². The van der Waals surface area contributed by atoms with Crippen LogP contribution >= 0.6 is 22.9 Å². The Hall–Kier alpha value is -2.30. The number of hydrogen-bond acceptors (Lipinski definition) is 2. The van der Waals surface area contributed by atoms with Gasteiger partial charge >= 0.3 is 0 Å². The van der Waals surface area contributed by atoms with E-state index in [4.69, 9.17) is 11.6 Å². The Morgan fingerprint density at radius 1 is 1.19 bits per heavy atom. The number of halogens is 1. The zero-order chi connectivity index (χ0) is 18.4. The number of rotatable bonds is 8. The zero-order valence-electron chi connectivity index (χ0n) is 14.5. The number of amides is 1. The van der Waals surface area contributed by atoms with Crippen LogP contribution in [0.5, 0.6) is 0 Å². The first-order valence-corrected chi connectivity index (χ1v) is 9.71. The van der Waals surface area contributed by atoms with Gasteiger partial charge in [-0.15, -0.1) is 17.9 Å². The molecular weight excluding hydrogens is 364 g/mol. The molecule has 0 saturated heterocycles. The van der Waals surface area contributed by atoms with Crippen LogP contribution in [0.25, 0.3) is 0 Å². The number of benzene rings is 1. The van der Waals surface area contributed by atoms with Gasteiger partial charge in [0.05, 0.1) is 13.0 Å². The Bertz CT molecular complexity index is 870. The van der Waals surface area contributed by atoms with E-state index in [0.29, 0.717) is 26.1 Å². The van der Waals surface area contributed by atoms with Crippen LogP contribution in [-0.2, 0) is 24.3 Å². The molecular formula is C21H21ClN2OS. The molecule has 0 unspecified atom stereocenters. The third kappa shape index (κ3) is 4.65. The molecule has 0 radical (unpaired) electrons. The molecule has 3 aromatic rings. The molecule has 0 aliphatic heterocycles. The maximum atomic E-state index is 12.7. The highest BCUT2D eigenvalue weighted by Crippen LogP contribution is 2.18. The fourth-order valence-electron chi connectivity index (χ4n) is 2.84. The van der Waals surface area contributed by atoms with Gasteiger partial charge in [-0.2, -0.15) is 0 Å². The molecule has 0 aliphatic carbocycles. The third-order valence-corrected chi connectivity index (χ3v) is 5.43. The minimum absolute atomic E-state index is 0.109. The van der Waals surface area contributed by atoms with Crippen LogP contribution in [0.4, 0.5) is 0 Å². The first kappa shape index (κ1) is 18.5. The lowest BCUT2D eigenvalue weighted by Gasteiger charge is -2.22. The second-order valence-electron chi connectivity index (χ2n) is 6.04. The van der Waals surface area contributed by atoms with Crippen LogP contribution in [-0.4, -0.2) is 21.9 Å². The maximum absolute atomic E-state index is 12.7. The van der Waals surface area contributed by atoms with Gasteiger partial charge in [-0.1, -0.05) is 41.9 Å². The number of carbonyl (C=O) groups excluding carboxylic acids is 1. The van der Waals surface area contributed by atoms with Gasteiger partial charge in [-0.25, -0.2) is 0 Å². The lowest BCUT2D eigenvalue weighted by atomic mass is 10.2. The lowest BCUT2D eigenvalue weighted by Crippen LogP contribution is -2.32. The van der Waals surface area contributed by atoms with Crippen LogP contribution in [0.3, 0.4) is 0 Å². The number of thiophene rings is 1. The summed E-state index contributed by atoms with van der Waals surface area (Å²) in [4.78, 5) is 15.6. The molecule has 0 saturated carbocycles. The predicted molar refractivity (Wildman–Crippen MR) is 109 cm³/mol. The summed E-state index contributed by atoms with van der Waals surface area (Å²) in [7, 11) is 0. The second-order valence-corrected chi connectivity index (χ2v) is 7.48. The van der Waals surface area contributed by atoms with Crippen molar-refractivity contribution < 1.29 is 4.79 Å². The molecule has 2 aromatic heterocycles. The minimum atomic E-state index is 0.109. The van der Waals surface area contributed by atoms with Gasteiger partial charge in [0.25, 0.3) is 0 Å². The van der Waals surface area contributed by atoms with E-state index in [1.54, 1.807) is 17.4 Å². The molecule has 26 heavy (non-hydrogen) atoms. The van der Waals surface area contributed by atoms with E-state index in [2.05, 4.69) is 11.1 Å². The van der Waals surface area contributed by atoms with Crippen LogP contribution in [0.15, 0.2) is 72.8 Å². The number of hydrogen-bond donors (Lipinski definition) is 0. The third-order valence-electron chi connectivity index (χ3n) is 4.18. The Kier molecular flexibility index (Phi) is 6.31. The van der Waals surface area contributed by atoms with Gasteiger partial charge < -0.3 is 9.47 Å². The van der Waals surface area contributed by atoms with Gasteiger partial charge in [0.15, 0.2) is 0 Å². The van der Waals surface area contributed by atoms with Crippen molar-refractivity contribution >= 4 is 28.8 Å². The van der Waals surface area contributed by atoms with Crippen molar-refractivity contribution in [2.75, 3.05) is 6.54 Å². The Labute approximate surface area is 163 Å². The zero-order valence-corrected chi connectivity index (χ0v) is 16.0. The van der Waals surface area contributed by atoms with Crippen molar-refractivity contribution in [2.24, 2.45) is 0 Å². The Morgan fingerprint density at radius 2 is 2.04 bits per heavy atom. The Balaban J connectivity index is 1.73. The number of nitrogens with zero attached hydrogens (tertiary/aromatic N) is 2. The smallest absolute Gasteiger partial charge is 0.228 e. The van der Waals surface area contributed by atoms with Crippen molar-refractivity contribution in [1.29, 1.82) is 0 Å². The molecule has 5 heteroatoms. The van der Waals surface area contributed by atoms with Gasteiger partial charge in [0, 0.05) is 34.9 Å². The summed E-state index contributed by atoms with van der Waals surface area (Å²) in [5, 5.41) is 2.75. The van der Waals surface area contributed by atoms with Crippen molar-refractivity contribution in [3.8, 4) is 0 Å². The average Bonchev–Trinajstić information content (AvgIpc) is 3.29. The summed E-state index contributed by atoms with van der Waals surface area (Å²) in [5.41, 5.74) is 2.14. The molecule has 3 nitrogen and oxygen atoms in total. The van der Waals surface area contributed by atoms with Crippen molar-refractivity contribution in [3.63, 3.8) is 0 Å². The topological polar surface area (TPSA) is 25.2 Å². The van der Waals surface area contributed by atoms with Crippen LogP contribution in [0.2, 0.25) is 5.02 Å². The second kappa shape index (κ2) is 8.88. The van der Waals surface area contributed by atoms with Gasteiger partial charge in [0.1, 0.15) is 0 Å². The van der Waals surface area contributed by atoms with Gasteiger partial charge in [-0.05, 0) is 35.2 Å². The van der Waals surface area contributed by atoms with Crippen molar-refractivity contribution in [3.05, 3.63) is 93.9 Å². The first-order chi connectivity index (χ1) is 12.7. The van der Waals surface area contributed by atoms with Crippen LogP contribution < -0.4 is 0 Å². The van der Waals surface area contributed by atoms with Gasteiger partial charge in [-0.3, -0.25) is 4.79 Å². The molecule has 0 fully saturated rings. The molecule has 0 N–H and O–H groups in total. The lowest BCUT2D eigenvalue weighted by molar-refractivity contribution is -0.130. The highest BCUT2D eigenvalue weighted by Gasteiger charge is 2.16. The monoisotopic (exact) mass is 384 g/mol. The molecule has 0 aliphatic rings. The molecule has 2 heterocycles. The van der Waals surface area contributed by atoms with E-state index in [-0.39, 0.29) is 5.91 Å². The molecule has 0 bridgehead atoms. The molecule has 0 spiro atoms. The van der Waals surface area contributed by atoms with E-state index in [1.165, 1.54) is 0 Å². The van der Waals surface area contributed by atoms with E-state index in [9.17, 15) is 4.79 Å².